The Kier molecular flexibility index (Phi) is 3.43. The topological polar surface area (TPSA) is 161 Å². The van der Waals surface area contributed by atoms with Crippen molar-refractivity contribution in [2.24, 2.45) is 0 Å². The molecule has 2 aromatic carbocycles. The number of nitro groups is 2. The fourth-order valence-corrected chi connectivity index (χ4v) is 2.07. The average molecular weight is 306 g/mol. The number of hydrogen-bond acceptors (Lipinski definition) is 6. The molecule has 0 aliphatic rings. The normalized spacial score (nSPS) is 10.4. The van der Waals surface area contributed by atoms with E-state index >= 15 is 0 Å². The predicted molar refractivity (Wildman–Crippen MR) is 71.2 cm³/mol. The van der Waals surface area contributed by atoms with Crippen LogP contribution in [0.5, 0.6) is 0 Å². The summed E-state index contributed by atoms with van der Waals surface area (Å²) in [5.41, 5.74) is -2.49. The van der Waals surface area contributed by atoms with Gasteiger partial charge in [-0.2, -0.15) is 0 Å². The van der Waals surface area contributed by atoms with Crippen LogP contribution >= 0.6 is 0 Å². The number of non-ortho nitro benzene ring substituents is 2. The molecule has 10 nitrogen and oxygen atoms in total. The monoisotopic (exact) mass is 306 g/mol. The smallest absolute Gasteiger partial charge is 0.336 e. The lowest BCUT2D eigenvalue weighted by atomic mass is 9.97. The van der Waals surface area contributed by atoms with Gasteiger partial charge in [0.25, 0.3) is 11.4 Å². The highest BCUT2D eigenvalue weighted by Gasteiger charge is 2.26. The maximum Gasteiger partial charge on any atom is 0.336 e. The molecule has 0 spiro atoms. The van der Waals surface area contributed by atoms with Crippen molar-refractivity contribution >= 4 is 34.1 Å². The summed E-state index contributed by atoms with van der Waals surface area (Å²) in [6.45, 7) is 0. The molecule has 0 saturated heterocycles. The van der Waals surface area contributed by atoms with Gasteiger partial charge in [-0.05, 0) is 6.07 Å². The van der Waals surface area contributed by atoms with Crippen LogP contribution < -0.4 is 0 Å². The lowest BCUT2D eigenvalue weighted by Gasteiger charge is -2.07. The van der Waals surface area contributed by atoms with Crippen molar-refractivity contribution in [2.75, 3.05) is 0 Å². The quantitative estimate of drug-likeness (QED) is 0.640. The highest BCUT2D eigenvalue weighted by Crippen LogP contribution is 2.34. The fraction of sp³-hybridized carbons (Fsp3) is 0. The molecule has 112 valence electrons. The number of carboxylic acids is 2. The highest BCUT2D eigenvalue weighted by molar-refractivity contribution is 6.15. The van der Waals surface area contributed by atoms with Crippen LogP contribution in [0.3, 0.4) is 0 Å². The molecule has 2 N–H and O–H groups in total. The number of fused-ring (bicyclic) bond motifs is 1. The van der Waals surface area contributed by atoms with E-state index in [4.69, 9.17) is 10.2 Å². The van der Waals surface area contributed by atoms with Gasteiger partial charge in [0, 0.05) is 23.6 Å². The van der Waals surface area contributed by atoms with Crippen molar-refractivity contribution in [1.29, 1.82) is 0 Å². The fourth-order valence-electron chi connectivity index (χ4n) is 2.07. The lowest BCUT2D eigenvalue weighted by Crippen LogP contribution is -2.06. The standard InChI is InChI=1S/C12H6N2O8/c15-11(16)6-1-2-9(14(21)22)7-3-5(13(19)20)4-8(10(6)7)12(17)18/h1-4H,(H,15,16)(H,17,18). The number of carboxylic acid groups (broad SMARTS) is 2. The number of aromatic carboxylic acids is 2. The summed E-state index contributed by atoms with van der Waals surface area (Å²) in [5.74, 6) is -3.13. The maximum atomic E-state index is 11.3. The van der Waals surface area contributed by atoms with Crippen molar-refractivity contribution in [3.8, 4) is 0 Å². The summed E-state index contributed by atoms with van der Waals surface area (Å²) < 4.78 is 0. The van der Waals surface area contributed by atoms with Crippen molar-refractivity contribution in [3.63, 3.8) is 0 Å². The summed E-state index contributed by atoms with van der Waals surface area (Å²) in [6.07, 6.45) is 0. The van der Waals surface area contributed by atoms with E-state index in [2.05, 4.69) is 0 Å². The Morgan fingerprint density at radius 1 is 0.909 bits per heavy atom. The molecule has 0 aliphatic carbocycles. The predicted octanol–water partition coefficient (Wildman–Crippen LogP) is 2.05. The minimum absolute atomic E-state index is 0.420. The van der Waals surface area contributed by atoms with E-state index in [0.29, 0.717) is 6.07 Å². The first-order chi connectivity index (χ1) is 10.2. The van der Waals surface area contributed by atoms with Crippen LogP contribution in [0.15, 0.2) is 24.3 Å². The van der Waals surface area contributed by atoms with Crippen LogP contribution in [0.2, 0.25) is 0 Å². The van der Waals surface area contributed by atoms with E-state index in [1.54, 1.807) is 0 Å². The zero-order chi connectivity index (χ0) is 16.6. The Hall–Kier alpha value is -3.56. The molecule has 0 radical (unpaired) electrons. The van der Waals surface area contributed by atoms with Gasteiger partial charge < -0.3 is 10.2 Å². The molecule has 0 heterocycles. The summed E-state index contributed by atoms with van der Waals surface area (Å²) in [6, 6.07) is 3.20. The summed E-state index contributed by atoms with van der Waals surface area (Å²) >= 11 is 0. The Morgan fingerprint density at radius 2 is 1.50 bits per heavy atom. The minimum Gasteiger partial charge on any atom is -0.478 e. The summed E-state index contributed by atoms with van der Waals surface area (Å²) in [7, 11) is 0. The molecule has 2 rings (SSSR count). The van der Waals surface area contributed by atoms with Gasteiger partial charge in [0.05, 0.1) is 26.4 Å². The number of nitrogens with zero attached hydrogens (tertiary/aromatic N) is 2. The second-order valence-electron chi connectivity index (χ2n) is 4.17. The second kappa shape index (κ2) is 5.09. The maximum absolute atomic E-state index is 11.3. The molecular weight excluding hydrogens is 300 g/mol. The van der Waals surface area contributed by atoms with Gasteiger partial charge in [-0.15, -0.1) is 0 Å². The largest absolute Gasteiger partial charge is 0.478 e. The third-order valence-corrected chi connectivity index (χ3v) is 2.94. The van der Waals surface area contributed by atoms with Gasteiger partial charge in [-0.25, -0.2) is 9.59 Å². The molecule has 0 fully saturated rings. The Balaban J connectivity index is 3.10. The Bertz CT molecular complexity index is 858. The first-order valence-electron chi connectivity index (χ1n) is 5.60. The van der Waals surface area contributed by atoms with Crippen LogP contribution in [-0.2, 0) is 0 Å². The van der Waals surface area contributed by atoms with E-state index in [0.717, 1.165) is 18.2 Å². The minimum atomic E-state index is -1.63. The Morgan fingerprint density at radius 3 is 1.95 bits per heavy atom. The molecule has 0 aromatic heterocycles. The summed E-state index contributed by atoms with van der Waals surface area (Å²) in [4.78, 5) is 42.5. The third-order valence-electron chi connectivity index (χ3n) is 2.94. The zero-order valence-corrected chi connectivity index (χ0v) is 10.5. The first kappa shape index (κ1) is 14.8. The van der Waals surface area contributed by atoms with Crippen LogP contribution in [0.1, 0.15) is 20.7 Å². The molecule has 10 heteroatoms. The molecule has 0 bridgehead atoms. The van der Waals surface area contributed by atoms with Crippen molar-refractivity contribution in [1.82, 2.24) is 0 Å². The van der Waals surface area contributed by atoms with Crippen LogP contribution in [0.4, 0.5) is 11.4 Å². The van der Waals surface area contributed by atoms with Crippen molar-refractivity contribution in [2.45, 2.75) is 0 Å². The number of benzene rings is 2. The molecule has 0 atom stereocenters. The van der Waals surface area contributed by atoms with Crippen molar-refractivity contribution < 1.29 is 29.6 Å². The summed E-state index contributed by atoms with van der Waals surface area (Å²) in [5, 5.41) is 39.2. The van der Waals surface area contributed by atoms with E-state index < -0.39 is 55.1 Å². The molecule has 0 amide bonds. The van der Waals surface area contributed by atoms with Crippen LogP contribution in [0, 0.1) is 20.2 Å². The highest BCUT2D eigenvalue weighted by atomic mass is 16.6. The van der Waals surface area contributed by atoms with Gasteiger partial charge >= 0.3 is 11.9 Å². The molecular formula is C12H6N2O8. The van der Waals surface area contributed by atoms with Crippen LogP contribution in [0.25, 0.3) is 10.8 Å². The van der Waals surface area contributed by atoms with E-state index in [9.17, 15) is 29.8 Å². The second-order valence-corrected chi connectivity index (χ2v) is 4.17. The molecule has 22 heavy (non-hydrogen) atoms. The van der Waals surface area contributed by atoms with Crippen LogP contribution in [-0.4, -0.2) is 32.0 Å². The first-order valence-corrected chi connectivity index (χ1v) is 5.60. The molecule has 2 aromatic rings. The molecule has 0 aliphatic heterocycles. The van der Waals surface area contributed by atoms with Gasteiger partial charge in [0.2, 0.25) is 0 Å². The Labute approximate surface area is 120 Å². The van der Waals surface area contributed by atoms with Gasteiger partial charge in [0.15, 0.2) is 0 Å². The number of nitro benzene ring substituents is 2. The SMILES string of the molecule is O=C(O)c1ccc([N+](=O)[O-])c2cc([N+](=O)[O-])cc(C(=O)O)c12. The van der Waals surface area contributed by atoms with E-state index in [1.165, 1.54) is 0 Å². The number of hydrogen-bond donors (Lipinski definition) is 2. The molecule has 0 saturated carbocycles. The van der Waals surface area contributed by atoms with Gasteiger partial charge in [-0.1, -0.05) is 0 Å². The average Bonchev–Trinajstić information content (AvgIpc) is 2.43. The molecule has 0 unspecified atom stereocenters. The number of carbonyl (C=O) groups is 2. The van der Waals surface area contributed by atoms with Gasteiger partial charge in [-0.3, -0.25) is 20.2 Å². The third kappa shape index (κ3) is 2.28. The van der Waals surface area contributed by atoms with Crippen molar-refractivity contribution in [3.05, 3.63) is 55.6 Å². The van der Waals surface area contributed by atoms with E-state index in [1.807, 2.05) is 0 Å². The van der Waals surface area contributed by atoms with Gasteiger partial charge in [0.1, 0.15) is 0 Å². The zero-order valence-electron chi connectivity index (χ0n) is 10.5. The lowest BCUT2D eigenvalue weighted by molar-refractivity contribution is -0.386. The number of rotatable bonds is 4. The van der Waals surface area contributed by atoms with E-state index in [-0.39, 0.29) is 0 Å².